The van der Waals surface area contributed by atoms with Gasteiger partial charge in [-0.3, -0.25) is 9.69 Å². The van der Waals surface area contributed by atoms with Crippen LogP contribution in [-0.2, 0) is 14.3 Å². The van der Waals surface area contributed by atoms with Crippen LogP contribution in [-0.4, -0.2) is 52.5 Å². The largest absolute Gasteiger partial charge is 0.456 e. The van der Waals surface area contributed by atoms with Crippen LogP contribution in [0.1, 0.15) is 44.0 Å². The van der Waals surface area contributed by atoms with E-state index in [1.165, 1.54) is 11.1 Å². The second kappa shape index (κ2) is 7.95. The van der Waals surface area contributed by atoms with Crippen LogP contribution in [0.2, 0.25) is 0 Å². The summed E-state index contributed by atoms with van der Waals surface area (Å²) in [6.07, 6.45) is 2.04. The summed E-state index contributed by atoms with van der Waals surface area (Å²) in [6, 6.07) is 2.51. The lowest BCUT2D eigenvalue weighted by Gasteiger charge is -2.27. The van der Waals surface area contributed by atoms with Crippen molar-refractivity contribution in [1.29, 1.82) is 0 Å². The van der Waals surface area contributed by atoms with Gasteiger partial charge in [-0.15, -0.1) is 0 Å². The molecule has 1 aliphatic rings. The molecule has 2 heterocycles. The number of ether oxygens (including phenoxy) is 2. The first-order chi connectivity index (χ1) is 11.7. The molecule has 1 fully saturated rings. The fraction of sp³-hybridized carbons (Fsp3) is 0.529. The van der Waals surface area contributed by atoms with E-state index in [1.807, 2.05) is 0 Å². The van der Waals surface area contributed by atoms with Gasteiger partial charge in [-0.05, 0) is 61.7 Å². The second-order valence-corrected chi connectivity index (χ2v) is 7.54. The molecule has 136 valence electrons. The van der Waals surface area contributed by atoms with Crippen molar-refractivity contribution in [2.24, 2.45) is 0 Å². The van der Waals surface area contributed by atoms with Gasteiger partial charge in [-0.25, -0.2) is 14.6 Å². The third kappa shape index (κ3) is 5.52. The number of nitrogens with zero attached hydrogens (tertiary/aromatic N) is 2. The van der Waals surface area contributed by atoms with Gasteiger partial charge in [0.2, 0.25) is 5.78 Å². The standard InChI is InChI=1S/C17H21BrN2O5/c1-17(2,3)25-16(23)20-8-4-5-12(20)15(22)24-10-13(21)11-6-7-14(18)19-9-11/h6-7,9,12H,4-5,8,10H2,1-3H3. The molecule has 1 saturated heterocycles. The highest BCUT2D eigenvalue weighted by molar-refractivity contribution is 9.10. The van der Waals surface area contributed by atoms with Gasteiger partial charge in [0.25, 0.3) is 0 Å². The maximum atomic E-state index is 12.3. The zero-order chi connectivity index (χ0) is 18.6. The summed E-state index contributed by atoms with van der Waals surface area (Å²) in [7, 11) is 0. The number of amides is 1. The van der Waals surface area contributed by atoms with Gasteiger partial charge in [0.05, 0.1) is 0 Å². The lowest BCUT2D eigenvalue weighted by molar-refractivity contribution is -0.147. The molecule has 0 spiro atoms. The monoisotopic (exact) mass is 412 g/mol. The summed E-state index contributed by atoms with van der Waals surface area (Å²) in [6.45, 7) is 5.33. The molecular formula is C17H21BrN2O5. The molecular weight excluding hydrogens is 392 g/mol. The highest BCUT2D eigenvalue weighted by Gasteiger charge is 2.37. The Balaban J connectivity index is 1.92. The quantitative estimate of drug-likeness (QED) is 0.429. The van der Waals surface area contributed by atoms with E-state index in [4.69, 9.17) is 9.47 Å². The van der Waals surface area contributed by atoms with Crippen molar-refractivity contribution in [3.05, 3.63) is 28.5 Å². The average molecular weight is 413 g/mol. The molecule has 1 aromatic rings. The average Bonchev–Trinajstić information content (AvgIpc) is 3.01. The fourth-order valence-electron chi connectivity index (χ4n) is 2.41. The SMILES string of the molecule is CC(C)(C)OC(=O)N1CCCC1C(=O)OCC(=O)c1ccc(Br)nc1. The van der Waals surface area contributed by atoms with Gasteiger partial charge in [-0.2, -0.15) is 0 Å². The van der Waals surface area contributed by atoms with Gasteiger partial charge in [0, 0.05) is 18.3 Å². The molecule has 0 saturated carbocycles. The van der Waals surface area contributed by atoms with Crippen molar-refractivity contribution < 1.29 is 23.9 Å². The number of aromatic nitrogens is 1. The highest BCUT2D eigenvalue weighted by Crippen LogP contribution is 2.22. The third-order valence-electron chi connectivity index (χ3n) is 3.55. The zero-order valence-electron chi connectivity index (χ0n) is 14.5. The molecule has 0 aliphatic carbocycles. The maximum Gasteiger partial charge on any atom is 0.411 e. The summed E-state index contributed by atoms with van der Waals surface area (Å²) in [5, 5.41) is 0. The summed E-state index contributed by atoms with van der Waals surface area (Å²) in [4.78, 5) is 41.8. The molecule has 0 bridgehead atoms. The van der Waals surface area contributed by atoms with Gasteiger partial charge in [-0.1, -0.05) is 0 Å². The molecule has 0 aromatic carbocycles. The Bertz CT molecular complexity index is 654. The van der Waals surface area contributed by atoms with Crippen molar-refractivity contribution >= 4 is 33.8 Å². The topological polar surface area (TPSA) is 85.8 Å². The lowest BCUT2D eigenvalue weighted by Crippen LogP contribution is -2.44. The first kappa shape index (κ1) is 19.4. The predicted molar refractivity (Wildman–Crippen MR) is 93.2 cm³/mol. The number of ketones is 1. The Labute approximate surface area is 154 Å². The van der Waals surface area contributed by atoms with E-state index in [-0.39, 0.29) is 12.4 Å². The molecule has 0 N–H and O–H groups in total. The smallest absolute Gasteiger partial charge is 0.411 e. The number of esters is 1. The molecule has 0 radical (unpaired) electrons. The first-order valence-corrected chi connectivity index (χ1v) is 8.78. The number of hydrogen-bond donors (Lipinski definition) is 0. The maximum absolute atomic E-state index is 12.3. The Hall–Kier alpha value is -1.96. The van der Waals surface area contributed by atoms with Crippen LogP contribution in [0, 0.1) is 0 Å². The Morgan fingerprint density at radius 3 is 2.64 bits per heavy atom. The van der Waals surface area contributed by atoms with Crippen molar-refractivity contribution in [2.75, 3.05) is 13.2 Å². The van der Waals surface area contributed by atoms with Gasteiger partial charge in [0.15, 0.2) is 6.61 Å². The number of hydrogen-bond acceptors (Lipinski definition) is 6. The van der Waals surface area contributed by atoms with Crippen LogP contribution in [0.5, 0.6) is 0 Å². The number of halogens is 1. The van der Waals surface area contributed by atoms with Gasteiger partial charge in [0.1, 0.15) is 16.2 Å². The van der Waals surface area contributed by atoms with Crippen LogP contribution < -0.4 is 0 Å². The molecule has 7 nitrogen and oxygen atoms in total. The van der Waals surface area contributed by atoms with Crippen LogP contribution in [0.15, 0.2) is 22.9 Å². The fourth-order valence-corrected chi connectivity index (χ4v) is 2.64. The number of pyridine rings is 1. The summed E-state index contributed by atoms with van der Waals surface area (Å²) >= 11 is 3.19. The first-order valence-electron chi connectivity index (χ1n) is 7.98. The molecule has 25 heavy (non-hydrogen) atoms. The van der Waals surface area contributed by atoms with E-state index in [1.54, 1.807) is 32.9 Å². The predicted octanol–water partition coefficient (Wildman–Crippen LogP) is 2.97. The van der Waals surface area contributed by atoms with Gasteiger partial charge < -0.3 is 9.47 Å². The molecule has 8 heteroatoms. The normalized spacial score (nSPS) is 17.3. The van der Waals surface area contributed by atoms with Crippen molar-refractivity contribution in [1.82, 2.24) is 9.88 Å². The molecule has 1 amide bonds. The highest BCUT2D eigenvalue weighted by atomic mass is 79.9. The number of Topliss-reactive ketones (excluding diaryl/α,β-unsaturated/α-hetero) is 1. The molecule has 1 aromatic heterocycles. The second-order valence-electron chi connectivity index (χ2n) is 6.73. The van der Waals surface area contributed by atoms with E-state index in [9.17, 15) is 14.4 Å². The number of rotatable bonds is 4. The summed E-state index contributed by atoms with van der Waals surface area (Å²) in [5.41, 5.74) is -0.287. The van der Waals surface area contributed by atoms with Gasteiger partial charge >= 0.3 is 12.1 Å². The van der Waals surface area contributed by atoms with Crippen molar-refractivity contribution in [3.8, 4) is 0 Å². The van der Waals surface area contributed by atoms with Crippen LogP contribution >= 0.6 is 15.9 Å². The molecule has 1 unspecified atom stereocenters. The Morgan fingerprint density at radius 1 is 1.32 bits per heavy atom. The minimum absolute atomic E-state index is 0.352. The van der Waals surface area contributed by atoms with Crippen LogP contribution in [0.3, 0.4) is 0 Å². The van der Waals surface area contributed by atoms with E-state index in [0.717, 1.165) is 0 Å². The molecule has 1 aliphatic heterocycles. The van der Waals surface area contributed by atoms with E-state index in [2.05, 4.69) is 20.9 Å². The number of carbonyl (C=O) groups is 3. The summed E-state index contributed by atoms with van der Waals surface area (Å²) in [5.74, 6) is -0.947. The van der Waals surface area contributed by atoms with Crippen LogP contribution in [0.25, 0.3) is 0 Å². The molecule has 1 atom stereocenters. The third-order valence-corrected chi connectivity index (χ3v) is 4.02. The van der Waals surface area contributed by atoms with E-state index < -0.39 is 23.7 Å². The minimum Gasteiger partial charge on any atom is -0.456 e. The minimum atomic E-state index is -0.717. The lowest BCUT2D eigenvalue weighted by atomic mass is 10.2. The molecule has 2 rings (SSSR count). The van der Waals surface area contributed by atoms with E-state index in [0.29, 0.717) is 29.6 Å². The van der Waals surface area contributed by atoms with Crippen molar-refractivity contribution in [3.63, 3.8) is 0 Å². The van der Waals surface area contributed by atoms with E-state index >= 15 is 0 Å². The Kier molecular flexibility index (Phi) is 6.16. The Morgan fingerprint density at radius 2 is 2.04 bits per heavy atom. The van der Waals surface area contributed by atoms with Crippen molar-refractivity contribution in [2.45, 2.75) is 45.3 Å². The number of carbonyl (C=O) groups excluding carboxylic acids is 3. The number of likely N-dealkylation sites (tertiary alicyclic amines) is 1. The zero-order valence-corrected chi connectivity index (χ0v) is 16.0. The summed E-state index contributed by atoms with van der Waals surface area (Å²) < 4.78 is 11.0. The van der Waals surface area contributed by atoms with Crippen LogP contribution in [0.4, 0.5) is 4.79 Å².